The van der Waals surface area contributed by atoms with E-state index in [-0.39, 0.29) is 13.8 Å². The second-order valence-electron chi connectivity index (χ2n) is 4.47. The molecule has 1 rings (SSSR count). The van der Waals surface area contributed by atoms with Gasteiger partial charge in [-0.15, -0.1) is 0 Å². The average molecular weight is 322 g/mol. The molecule has 20 heavy (non-hydrogen) atoms. The van der Waals surface area contributed by atoms with E-state index in [4.69, 9.17) is 5.11 Å². The van der Waals surface area contributed by atoms with E-state index in [1.807, 2.05) is 0 Å². The zero-order chi connectivity index (χ0) is 16.4. The van der Waals surface area contributed by atoms with Crippen molar-refractivity contribution in [2.75, 3.05) is 0 Å². The number of aliphatic hydroxyl groups is 1. The number of rotatable bonds is 0. The van der Waals surface area contributed by atoms with Gasteiger partial charge in [-0.05, 0) is 13.8 Å². The van der Waals surface area contributed by atoms with E-state index in [0.29, 0.717) is 0 Å². The lowest BCUT2D eigenvalue weighted by Crippen LogP contribution is -2.67. The fourth-order valence-electron chi connectivity index (χ4n) is 1.84. The second kappa shape index (κ2) is 3.91. The Balaban J connectivity index is 3.56. The Hall–Kier alpha value is -0.750. The van der Waals surface area contributed by atoms with Crippen molar-refractivity contribution >= 4 is 0 Å². The molecule has 120 valence electrons. The first-order valence-electron chi connectivity index (χ1n) is 4.74. The Morgan fingerprint density at radius 3 is 1.20 bits per heavy atom. The first-order chi connectivity index (χ1) is 8.41. The molecule has 0 saturated carbocycles. The molecule has 1 N–H and O–H groups in total. The molecule has 3 nitrogen and oxygen atoms in total. The van der Waals surface area contributed by atoms with E-state index >= 15 is 0 Å². The highest BCUT2D eigenvalue weighted by Crippen LogP contribution is 2.61. The van der Waals surface area contributed by atoms with Crippen LogP contribution in [0.2, 0.25) is 0 Å². The standard InChI is InChI=1S/C8H7F9O3/c1-3(2)4(5(9,10)11,6(12,13)14)20-8(18,19-3)7(15,16)17/h18H,1-2H3. The summed E-state index contributed by atoms with van der Waals surface area (Å²) < 4.78 is 120. The molecule has 0 amide bonds. The number of hydrogen-bond donors (Lipinski definition) is 1. The molecule has 0 aromatic carbocycles. The Morgan fingerprint density at radius 2 is 1.05 bits per heavy atom. The third kappa shape index (κ3) is 2.04. The minimum Gasteiger partial charge on any atom is -0.336 e. The lowest BCUT2D eigenvalue weighted by Gasteiger charge is -2.39. The highest BCUT2D eigenvalue weighted by molar-refractivity contribution is 5.12. The van der Waals surface area contributed by atoms with Crippen LogP contribution in [0.1, 0.15) is 13.8 Å². The Labute approximate surface area is 105 Å². The Kier molecular flexibility index (Phi) is 3.39. The molecule has 0 aromatic rings. The van der Waals surface area contributed by atoms with Gasteiger partial charge in [0.2, 0.25) is 0 Å². The van der Waals surface area contributed by atoms with Crippen LogP contribution in [0, 0.1) is 0 Å². The van der Waals surface area contributed by atoms with Crippen molar-refractivity contribution in [1.29, 1.82) is 0 Å². The molecule has 1 fully saturated rings. The van der Waals surface area contributed by atoms with Crippen LogP contribution in [0.15, 0.2) is 0 Å². The lowest BCUT2D eigenvalue weighted by atomic mass is 9.84. The lowest BCUT2D eigenvalue weighted by molar-refractivity contribution is -0.475. The third-order valence-corrected chi connectivity index (χ3v) is 2.69. The van der Waals surface area contributed by atoms with Crippen molar-refractivity contribution < 1.29 is 54.1 Å². The largest absolute Gasteiger partial charge is 0.473 e. The monoisotopic (exact) mass is 322 g/mol. The van der Waals surface area contributed by atoms with Crippen LogP contribution >= 0.6 is 0 Å². The Morgan fingerprint density at radius 1 is 0.700 bits per heavy atom. The molecule has 12 heteroatoms. The Bertz CT molecular complexity index is 379. The smallest absolute Gasteiger partial charge is 0.336 e. The highest BCUT2D eigenvalue weighted by Gasteiger charge is 2.88. The van der Waals surface area contributed by atoms with Gasteiger partial charge in [0.25, 0.3) is 5.60 Å². The maximum absolute atomic E-state index is 12.7. The summed E-state index contributed by atoms with van der Waals surface area (Å²) in [5.41, 5.74) is -8.91. The number of alkyl halides is 9. The van der Waals surface area contributed by atoms with Gasteiger partial charge in [-0.25, -0.2) is 0 Å². The zero-order valence-corrected chi connectivity index (χ0v) is 9.67. The van der Waals surface area contributed by atoms with Crippen molar-refractivity contribution in [2.45, 2.75) is 49.6 Å². The van der Waals surface area contributed by atoms with Gasteiger partial charge in [-0.2, -0.15) is 39.5 Å². The summed E-state index contributed by atoms with van der Waals surface area (Å²) in [7, 11) is 0. The molecular weight excluding hydrogens is 315 g/mol. The first kappa shape index (κ1) is 17.3. The molecule has 0 aromatic heterocycles. The van der Waals surface area contributed by atoms with E-state index in [0.717, 1.165) is 0 Å². The van der Waals surface area contributed by atoms with E-state index in [1.54, 1.807) is 0 Å². The van der Waals surface area contributed by atoms with Gasteiger partial charge in [0.15, 0.2) is 0 Å². The second-order valence-corrected chi connectivity index (χ2v) is 4.47. The fourth-order valence-corrected chi connectivity index (χ4v) is 1.84. The van der Waals surface area contributed by atoms with Crippen LogP contribution in [-0.2, 0) is 9.47 Å². The van der Waals surface area contributed by atoms with Crippen molar-refractivity contribution in [3.63, 3.8) is 0 Å². The molecule has 0 radical (unpaired) electrons. The van der Waals surface area contributed by atoms with E-state index < -0.39 is 35.7 Å². The first-order valence-corrected chi connectivity index (χ1v) is 4.74. The molecule has 0 bridgehead atoms. The van der Waals surface area contributed by atoms with E-state index in [9.17, 15) is 39.5 Å². The number of ether oxygens (including phenoxy) is 2. The van der Waals surface area contributed by atoms with Gasteiger partial charge in [0.1, 0.15) is 5.60 Å². The molecule has 0 aliphatic carbocycles. The normalized spacial score (nSPS) is 30.6. The van der Waals surface area contributed by atoms with Crippen molar-refractivity contribution in [3.8, 4) is 0 Å². The summed E-state index contributed by atoms with van der Waals surface area (Å²) in [5, 5.41) is 8.86. The minimum atomic E-state index is -6.32. The van der Waals surface area contributed by atoms with Crippen molar-refractivity contribution in [1.82, 2.24) is 0 Å². The van der Waals surface area contributed by atoms with Gasteiger partial charge in [-0.3, -0.25) is 4.74 Å². The van der Waals surface area contributed by atoms with Gasteiger partial charge in [-0.1, -0.05) is 0 Å². The predicted molar refractivity (Wildman–Crippen MR) is 42.1 cm³/mol. The third-order valence-electron chi connectivity index (χ3n) is 2.69. The quantitative estimate of drug-likeness (QED) is 0.697. The molecule has 1 atom stereocenters. The summed E-state index contributed by atoms with van der Waals surface area (Å²) in [5.74, 6) is -5.03. The summed E-state index contributed by atoms with van der Waals surface area (Å²) >= 11 is 0. The topological polar surface area (TPSA) is 38.7 Å². The SMILES string of the molecule is CC1(C)OC(O)(C(F)(F)F)OC1(C(F)(F)F)C(F)(F)F. The molecule has 1 saturated heterocycles. The molecular formula is C8H7F9O3. The maximum Gasteiger partial charge on any atom is 0.473 e. The number of hydrogen-bond acceptors (Lipinski definition) is 3. The van der Waals surface area contributed by atoms with Crippen LogP contribution in [0.25, 0.3) is 0 Å². The minimum absolute atomic E-state index is 0.0810. The molecule has 1 heterocycles. The highest BCUT2D eigenvalue weighted by atomic mass is 19.4. The summed E-state index contributed by atoms with van der Waals surface area (Å²) in [6.45, 7) is 0.162. The van der Waals surface area contributed by atoms with Crippen molar-refractivity contribution in [2.24, 2.45) is 0 Å². The fraction of sp³-hybridized carbons (Fsp3) is 1.00. The van der Waals surface area contributed by atoms with Crippen LogP contribution in [0.3, 0.4) is 0 Å². The van der Waals surface area contributed by atoms with E-state index in [1.165, 1.54) is 0 Å². The maximum atomic E-state index is 12.7. The van der Waals surface area contributed by atoms with Gasteiger partial charge >= 0.3 is 24.5 Å². The molecule has 0 spiro atoms. The zero-order valence-electron chi connectivity index (χ0n) is 9.67. The summed E-state index contributed by atoms with van der Waals surface area (Å²) in [6.07, 6.45) is -18.7. The van der Waals surface area contributed by atoms with Crippen LogP contribution < -0.4 is 0 Å². The van der Waals surface area contributed by atoms with Crippen molar-refractivity contribution in [3.05, 3.63) is 0 Å². The van der Waals surface area contributed by atoms with Gasteiger partial charge in [0.05, 0.1) is 0 Å². The summed E-state index contributed by atoms with van der Waals surface area (Å²) in [4.78, 5) is 0. The van der Waals surface area contributed by atoms with E-state index in [2.05, 4.69) is 9.47 Å². The van der Waals surface area contributed by atoms with Crippen LogP contribution in [0.5, 0.6) is 0 Å². The summed E-state index contributed by atoms with van der Waals surface area (Å²) in [6, 6.07) is 0. The predicted octanol–water partition coefficient (Wildman–Crippen LogP) is 2.88. The van der Waals surface area contributed by atoms with Gasteiger partial charge in [0, 0.05) is 0 Å². The van der Waals surface area contributed by atoms with Gasteiger partial charge < -0.3 is 9.84 Å². The average Bonchev–Trinajstić information content (AvgIpc) is 2.30. The molecule has 1 aliphatic heterocycles. The molecule has 1 unspecified atom stereocenters. The van der Waals surface area contributed by atoms with Crippen LogP contribution in [0.4, 0.5) is 39.5 Å². The van der Waals surface area contributed by atoms with Crippen LogP contribution in [-0.4, -0.2) is 40.8 Å². The molecule has 1 aliphatic rings. The number of halogens is 9.